The molecule has 3 rings (SSSR count). The van der Waals surface area contributed by atoms with Gasteiger partial charge in [-0.25, -0.2) is 4.98 Å². The van der Waals surface area contributed by atoms with Crippen LogP contribution >= 0.6 is 0 Å². The van der Waals surface area contributed by atoms with E-state index in [1.54, 1.807) is 25.3 Å². The maximum Gasteiger partial charge on any atom is 0.315 e. The van der Waals surface area contributed by atoms with Crippen molar-refractivity contribution in [3.05, 3.63) is 34.4 Å². The highest BCUT2D eigenvalue weighted by molar-refractivity contribution is 5.84. The van der Waals surface area contributed by atoms with E-state index in [4.69, 9.17) is 18.9 Å². The second kappa shape index (κ2) is 6.79. The van der Waals surface area contributed by atoms with Crippen LogP contribution in [0.15, 0.2) is 24.3 Å². The average Bonchev–Trinajstić information content (AvgIpc) is 3.08. The maximum absolute atomic E-state index is 11.4. The summed E-state index contributed by atoms with van der Waals surface area (Å²) in [5.74, 6) is 1.83. The Morgan fingerprint density at radius 2 is 1.58 bits per heavy atom. The van der Waals surface area contributed by atoms with E-state index in [1.165, 1.54) is 27.4 Å². The van der Waals surface area contributed by atoms with Crippen molar-refractivity contribution in [2.75, 3.05) is 28.4 Å². The molecule has 0 aliphatic heterocycles. The third-order valence-corrected chi connectivity index (χ3v) is 3.92. The summed E-state index contributed by atoms with van der Waals surface area (Å²) in [6, 6.07) is 6.48. The van der Waals surface area contributed by atoms with Gasteiger partial charge in [-0.05, 0) is 6.07 Å². The van der Waals surface area contributed by atoms with Gasteiger partial charge in [-0.3, -0.25) is 10.1 Å². The number of nitrogens with one attached hydrogen (secondary N) is 1. The smallest absolute Gasteiger partial charge is 0.315 e. The lowest BCUT2D eigenvalue weighted by Gasteiger charge is -2.09. The number of fused-ring (bicyclic) bond motifs is 1. The molecule has 0 fully saturated rings. The molecule has 0 radical (unpaired) electrons. The van der Waals surface area contributed by atoms with Crippen molar-refractivity contribution in [2.24, 2.45) is 0 Å². The van der Waals surface area contributed by atoms with Gasteiger partial charge < -0.3 is 23.9 Å². The van der Waals surface area contributed by atoms with Crippen molar-refractivity contribution in [1.29, 1.82) is 0 Å². The molecule has 3 aromatic rings. The largest absolute Gasteiger partial charge is 0.493 e. The summed E-state index contributed by atoms with van der Waals surface area (Å²) in [5.41, 5.74) is 1.62. The van der Waals surface area contributed by atoms with Gasteiger partial charge in [0.1, 0.15) is 5.82 Å². The zero-order valence-corrected chi connectivity index (χ0v) is 14.7. The molecule has 0 saturated heterocycles. The fraction of sp³-hybridized carbons (Fsp3) is 0.235. The number of aromatic nitrogens is 2. The molecule has 0 unspecified atom stereocenters. The lowest BCUT2D eigenvalue weighted by Crippen LogP contribution is -1.98. The predicted octanol–water partition coefficient (Wildman–Crippen LogP) is 3.17. The molecule has 0 spiro atoms. The number of hydrogen-bond acceptors (Lipinski definition) is 7. The van der Waals surface area contributed by atoms with E-state index in [0.717, 1.165) is 0 Å². The molecule has 0 aliphatic rings. The molecule has 26 heavy (non-hydrogen) atoms. The summed E-state index contributed by atoms with van der Waals surface area (Å²) < 4.78 is 20.9. The lowest BCUT2D eigenvalue weighted by atomic mass is 10.1. The molecule has 9 heteroatoms. The Balaban J connectivity index is 2.19. The zero-order chi connectivity index (χ0) is 18.8. The minimum atomic E-state index is -0.528. The lowest BCUT2D eigenvalue weighted by molar-refractivity contribution is -0.385. The van der Waals surface area contributed by atoms with Gasteiger partial charge in [0, 0.05) is 23.8 Å². The second-order valence-corrected chi connectivity index (χ2v) is 5.30. The third kappa shape index (κ3) is 2.83. The highest BCUT2D eigenvalue weighted by atomic mass is 16.6. The Hall–Kier alpha value is -3.49. The zero-order valence-electron chi connectivity index (χ0n) is 14.7. The Bertz CT molecular complexity index is 941. The van der Waals surface area contributed by atoms with Crippen LogP contribution in [0.5, 0.6) is 23.0 Å². The number of nitrogens with zero attached hydrogens (tertiary/aromatic N) is 2. The van der Waals surface area contributed by atoms with E-state index in [9.17, 15) is 10.1 Å². The van der Waals surface area contributed by atoms with E-state index in [2.05, 4.69) is 9.97 Å². The number of nitro benzene ring substituents is 1. The van der Waals surface area contributed by atoms with Crippen LogP contribution in [-0.2, 0) is 0 Å². The molecule has 1 heterocycles. The SMILES string of the molecule is COc1cc2nc(-c3cc(OC)c(OC)c([N+](=O)[O-])c3)[nH]c2cc1OC. The molecule has 1 N–H and O–H groups in total. The molecule has 1 aromatic heterocycles. The van der Waals surface area contributed by atoms with Crippen LogP contribution in [0.25, 0.3) is 22.4 Å². The Labute approximate surface area is 148 Å². The number of imidazole rings is 1. The predicted molar refractivity (Wildman–Crippen MR) is 94.4 cm³/mol. The third-order valence-electron chi connectivity index (χ3n) is 3.92. The minimum absolute atomic E-state index is 0.0562. The summed E-state index contributed by atoms with van der Waals surface area (Å²) >= 11 is 0. The van der Waals surface area contributed by atoms with E-state index in [-0.39, 0.29) is 17.2 Å². The summed E-state index contributed by atoms with van der Waals surface area (Å²) in [6.07, 6.45) is 0. The van der Waals surface area contributed by atoms with Gasteiger partial charge >= 0.3 is 5.69 Å². The number of ether oxygens (including phenoxy) is 4. The molecular formula is C17H17N3O6. The normalized spacial score (nSPS) is 10.6. The number of methoxy groups -OCH3 is 4. The van der Waals surface area contributed by atoms with Crippen molar-refractivity contribution in [1.82, 2.24) is 9.97 Å². The monoisotopic (exact) mass is 359 g/mol. The van der Waals surface area contributed by atoms with Crippen LogP contribution in [0.2, 0.25) is 0 Å². The first kappa shape index (κ1) is 17.3. The molecule has 136 valence electrons. The van der Waals surface area contributed by atoms with Crippen molar-refractivity contribution in [3.63, 3.8) is 0 Å². The maximum atomic E-state index is 11.4. The first-order valence-corrected chi connectivity index (χ1v) is 7.54. The molecule has 9 nitrogen and oxygen atoms in total. The van der Waals surface area contributed by atoms with Crippen LogP contribution < -0.4 is 18.9 Å². The van der Waals surface area contributed by atoms with Crippen molar-refractivity contribution >= 4 is 16.7 Å². The van der Waals surface area contributed by atoms with Crippen LogP contribution in [0.1, 0.15) is 0 Å². The fourth-order valence-corrected chi connectivity index (χ4v) is 2.69. The van der Waals surface area contributed by atoms with Crippen molar-refractivity contribution < 1.29 is 23.9 Å². The Kier molecular flexibility index (Phi) is 4.53. The molecule has 0 amide bonds. The highest BCUT2D eigenvalue weighted by Gasteiger charge is 2.23. The van der Waals surface area contributed by atoms with Crippen LogP contribution in [0, 0.1) is 10.1 Å². The van der Waals surface area contributed by atoms with Gasteiger partial charge in [-0.1, -0.05) is 0 Å². The van der Waals surface area contributed by atoms with Crippen molar-refractivity contribution in [2.45, 2.75) is 0 Å². The molecule has 0 aliphatic carbocycles. The molecule has 0 saturated carbocycles. The molecular weight excluding hydrogens is 342 g/mol. The number of H-pyrrole nitrogens is 1. The van der Waals surface area contributed by atoms with Crippen molar-refractivity contribution in [3.8, 4) is 34.4 Å². The van der Waals surface area contributed by atoms with E-state index < -0.39 is 4.92 Å². The van der Waals surface area contributed by atoms with E-state index in [0.29, 0.717) is 33.9 Å². The molecule has 2 aromatic carbocycles. The Morgan fingerprint density at radius 3 is 2.15 bits per heavy atom. The topological polar surface area (TPSA) is 109 Å². The van der Waals surface area contributed by atoms with Crippen LogP contribution in [0.3, 0.4) is 0 Å². The number of benzene rings is 2. The molecule has 0 atom stereocenters. The standard InChI is InChI=1S/C17H17N3O6/c1-23-13-7-10-11(8-14(13)24-2)19-17(18-10)9-5-12(20(21)22)16(26-4)15(6-9)25-3/h5-8H,1-4H3,(H,18,19). The van der Waals surface area contributed by atoms with Gasteiger partial charge in [0.25, 0.3) is 0 Å². The molecule has 0 bridgehead atoms. The van der Waals surface area contributed by atoms with Gasteiger partial charge in [-0.15, -0.1) is 0 Å². The summed E-state index contributed by atoms with van der Waals surface area (Å²) in [4.78, 5) is 18.5. The van der Waals surface area contributed by atoms with Gasteiger partial charge in [0.05, 0.1) is 44.4 Å². The van der Waals surface area contributed by atoms with Crippen LogP contribution in [-0.4, -0.2) is 43.3 Å². The first-order valence-electron chi connectivity index (χ1n) is 7.54. The summed E-state index contributed by atoms with van der Waals surface area (Å²) in [6.45, 7) is 0. The number of nitro groups is 1. The van der Waals surface area contributed by atoms with Crippen LogP contribution in [0.4, 0.5) is 5.69 Å². The summed E-state index contributed by atoms with van der Waals surface area (Å²) in [7, 11) is 5.84. The summed E-state index contributed by atoms with van der Waals surface area (Å²) in [5, 5.41) is 11.4. The minimum Gasteiger partial charge on any atom is -0.493 e. The second-order valence-electron chi connectivity index (χ2n) is 5.30. The van der Waals surface area contributed by atoms with Gasteiger partial charge in [0.2, 0.25) is 5.75 Å². The quantitative estimate of drug-likeness (QED) is 0.532. The first-order chi connectivity index (χ1) is 12.5. The Morgan fingerprint density at radius 1 is 0.923 bits per heavy atom. The average molecular weight is 359 g/mol. The van der Waals surface area contributed by atoms with E-state index in [1.807, 2.05) is 0 Å². The van der Waals surface area contributed by atoms with E-state index >= 15 is 0 Å². The van der Waals surface area contributed by atoms with Gasteiger partial charge in [-0.2, -0.15) is 0 Å². The van der Waals surface area contributed by atoms with Gasteiger partial charge in [0.15, 0.2) is 17.2 Å². The number of hydrogen-bond donors (Lipinski definition) is 1. The number of aromatic amines is 1. The number of rotatable bonds is 6. The highest BCUT2D eigenvalue weighted by Crippen LogP contribution is 2.41. The fourth-order valence-electron chi connectivity index (χ4n) is 2.69.